The second kappa shape index (κ2) is 53.3. The Labute approximate surface area is 444 Å². The van der Waals surface area contributed by atoms with E-state index in [1.165, 1.54) is 148 Å². The first-order chi connectivity index (χ1) is 35.0. The summed E-state index contributed by atoms with van der Waals surface area (Å²) in [5, 5.41) is 0. The molecule has 0 aromatic heterocycles. The summed E-state index contributed by atoms with van der Waals surface area (Å²) in [6.45, 7) is 4.31. The van der Waals surface area contributed by atoms with Crippen LogP contribution in [0.5, 0.6) is 0 Å². The molecule has 0 spiro atoms. The fourth-order valence-corrected chi connectivity index (χ4v) is 8.90. The van der Waals surface area contributed by atoms with E-state index < -0.39 is 26.5 Å². The van der Waals surface area contributed by atoms with Gasteiger partial charge in [0.1, 0.15) is 19.8 Å². The second-order valence-electron chi connectivity index (χ2n) is 21.0. The first kappa shape index (κ1) is 69.5. The number of allylic oxidation sites excluding steroid dienone is 12. The van der Waals surface area contributed by atoms with Crippen LogP contribution >= 0.6 is 7.82 Å². The minimum atomic E-state index is -4.39. The van der Waals surface area contributed by atoms with Gasteiger partial charge in [-0.2, -0.15) is 0 Å². The summed E-state index contributed by atoms with van der Waals surface area (Å²) in [5.41, 5.74) is 0. The van der Waals surface area contributed by atoms with E-state index in [0.717, 1.165) is 77.0 Å². The van der Waals surface area contributed by atoms with Crippen LogP contribution in [0.2, 0.25) is 0 Å². The maximum absolute atomic E-state index is 12.8. The number of esters is 2. The van der Waals surface area contributed by atoms with Crippen molar-refractivity contribution < 1.29 is 42.1 Å². The predicted molar refractivity (Wildman–Crippen MR) is 307 cm³/mol. The first-order valence-corrected chi connectivity index (χ1v) is 31.2. The van der Waals surface area contributed by atoms with Crippen molar-refractivity contribution in [2.45, 2.75) is 264 Å². The fraction of sp³-hybridized carbons (Fsp3) is 0.774. The zero-order valence-electron chi connectivity index (χ0n) is 47.4. The summed E-state index contributed by atoms with van der Waals surface area (Å²) in [7, 11) is 1.47. The van der Waals surface area contributed by atoms with E-state index in [9.17, 15) is 19.0 Å². The van der Waals surface area contributed by atoms with Crippen LogP contribution in [0.15, 0.2) is 72.9 Å². The molecule has 0 aliphatic carbocycles. The quantitative estimate of drug-likeness (QED) is 0.0211. The van der Waals surface area contributed by atoms with Gasteiger partial charge in [-0.25, -0.2) is 4.57 Å². The molecular weight excluding hydrogens is 918 g/mol. The van der Waals surface area contributed by atoms with Gasteiger partial charge in [-0.1, -0.05) is 234 Å². The lowest BCUT2D eigenvalue weighted by Gasteiger charge is -2.24. The number of hydrogen-bond acceptors (Lipinski definition) is 7. The van der Waals surface area contributed by atoms with Crippen LogP contribution in [-0.4, -0.2) is 74.9 Å². The standard InChI is InChI=1S/C62H112NO8P/c1-6-8-10-12-14-16-18-20-22-24-25-26-27-28-29-30-31-32-33-34-35-36-37-39-41-43-45-47-49-51-53-55-62(65)71-60(59-70-72(66,67)69-57-56-63(3,4)5)58-68-61(64)54-52-50-48-46-44-42-40-38-23-21-19-17-15-13-11-9-7-2/h8,10,14-17,20-23,25-26,60H,6-7,9,11-13,18-19,24,27-59H2,1-5H3/p+1/b10-8-,16-14-,17-15-,22-20-,23-21-,26-25-. The molecule has 0 heterocycles. The average molecular weight is 1030 g/mol. The lowest BCUT2D eigenvalue weighted by atomic mass is 10.0. The summed E-state index contributed by atoms with van der Waals surface area (Å²) in [6.07, 6.45) is 69.7. The van der Waals surface area contributed by atoms with Crippen molar-refractivity contribution in [3.05, 3.63) is 72.9 Å². The van der Waals surface area contributed by atoms with Crippen molar-refractivity contribution in [3.8, 4) is 0 Å². The third kappa shape index (κ3) is 56.7. The van der Waals surface area contributed by atoms with Gasteiger partial charge in [0.15, 0.2) is 6.10 Å². The number of ether oxygens (including phenoxy) is 2. The van der Waals surface area contributed by atoms with Crippen molar-refractivity contribution in [1.29, 1.82) is 0 Å². The predicted octanol–water partition coefficient (Wildman–Crippen LogP) is 18.5. The molecule has 0 rings (SSSR count). The number of carbonyl (C=O) groups is 2. The van der Waals surface area contributed by atoms with Crippen molar-refractivity contribution in [2.24, 2.45) is 0 Å². The number of hydrogen-bond donors (Lipinski definition) is 1. The number of carbonyl (C=O) groups excluding carboxylic acids is 2. The van der Waals surface area contributed by atoms with E-state index in [-0.39, 0.29) is 32.0 Å². The van der Waals surface area contributed by atoms with Crippen LogP contribution in [0.3, 0.4) is 0 Å². The minimum absolute atomic E-state index is 0.0293. The molecular formula is C62H113NO8P+. The van der Waals surface area contributed by atoms with Gasteiger partial charge in [0, 0.05) is 12.8 Å². The third-order valence-electron chi connectivity index (χ3n) is 12.7. The van der Waals surface area contributed by atoms with Gasteiger partial charge in [0.25, 0.3) is 0 Å². The highest BCUT2D eigenvalue weighted by molar-refractivity contribution is 7.47. The molecule has 0 aliphatic heterocycles. The molecule has 0 bridgehead atoms. The Kier molecular flexibility index (Phi) is 51.4. The van der Waals surface area contributed by atoms with E-state index in [1.807, 2.05) is 21.1 Å². The molecule has 418 valence electrons. The summed E-state index contributed by atoms with van der Waals surface area (Å²) >= 11 is 0. The lowest BCUT2D eigenvalue weighted by molar-refractivity contribution is -0.870. The van der Waals surface area contributed by atoms with Crippen LogP contribution in [0.1, 0.15) is 258 Å². The lowest BCUT2D eigenvalue weighted by Crippen LogP contribution is -2.37. The zero-order chi connectivity index (χ0) is 52.7. The van der Waals surface area contributed by atoms with Crippen LogP contribution in [-0.2, 0) is 32.7 Å². The number of quaternary nitrogens is 1. The maximum Gasteiger partial charge on any atom is 0.472 e. The van der Waals surface area contributed by atoms with Gasteiger partial charge in [-0.05, 0) is 83.5 Å². The van der Waals surface area contributed by atoms with E-state index >= 15 is 0 Å². The van der Waals surface area contributed by atoms with E-state index in [2.05, 4.69) is 86.8 Å². The van der Waals surface area contributed by atoms with Crippen LogP contribution in [0.25, 0.3) is 0 Å². The highest BCUT2D eigenvalue weighted by Crippen LogP contribution is 2.43. The Hall–Kier alpha value is -2.55. The molecule has 0 aromatic rings. The van der Waals surface area contributed by atoms with E-state index in [4.69, 9.17) is 18.5 Å². The number of phosphoric acid groups is 1. The molecule has 0 saturated carbocycles. The van der Waals surface area contributed by atoms with Gasteiger partial charge < -0.3 is 18.9 Å². The van der Waals surface area contributed by atoms with Crippen molar-refractivity contribution in [3.63, 3.8) is 0 Å². The molecule has 9 nitrogen and oxygen atoms in total. The Morgan fingerprint density at radius 3 is 1.18 bits per heavy atom. The van der Waals surface area contributed by atoms with Crippen LogP contribution in [0, 0.1) is 0 Å². The van der Waals surface area contributed by atoms with Crippen LogP contribution in [0.4, 0.5) is 0 Å². The van der Waals surface area contributed by atoms with Crippen molar-refractivity contribution >= 4 is 19.8 Å². The Morgan fingerprint density at radius 1 is 0.444 bits per heavy atom. The summed E-state index contributed by atoms with van der Waals surface area (Å²) in [5.74, 6) is -0.800. The molecule has 0 aliphatic rings. The molecule has 0 radical (unpaired) electrons. The molecule has 72 heavy (non-hydrogen) atoms. The average Bonchev–Trinajstić information content (AvgIpc) is 3.34. The maximum atomic E-state index is 12.8. The molecule has 0 amide bonds. The van der Waals surface area contributed by atoms with Gasteiger partial charge in [-0.3, -0.25) is 18.6 Å². The number of nitrogens with zero attached hydrogens (tertiary/aromatic N) is 1. The summed E-state index contributed by atoms with van der Waals surface area (Å²) in [4.78, 5) is 35.7. The van der Waals surface area contributed by atoms with Gasteiger partial charge in [-0.15, -0.1) is 0 Å². The molecule has 2 atom stereocenters. The van der Waals surface area contributed by atoms with E-state index in [0.29, 0.717) is 17.4 Å². The Bertz CT molecular complexity index is 1450. The van der Waals surface area contributed by atoms with Crippen LogP contribution < -0.4 is 0 Å². The smallest absolute Gasteiger partial charge is 0.462 e. The van der Waals surface area contributed by atoms with Gasteiger partial charge >= 0.3 is 19.8 Å². The number of rotatable bonds is 54. The number of likely N-dealkylation sites (N-methyl/N-ethyl adjacent to an activating group) is 1. The van der Waals surface area contributed by atoms with Gasteiger partial charge in [0.2, 0.25) is 0 Å². The van der Waals surface area contributed by atoms with Gasteiger partial charge in [0.05, 0.1) is 27.7 Å². The molecule has 1 N–H and O–H groups in total. The highest BCUT2D eigenvalue weighted by Gasteiger charge is 2.27. The monoisotopic (exact) mass is 1030 g/mol. The fourth-order valence-electron chi connectivity index (χ4n) is 8.16. The second-order valence-corrected chi connectivity index (χ2v) is 22.5. The molecule has 0 fully saturated rings. The first-order valence-electron chi connectivity index (χ1n) is 29.7. The molecule has 0 aromatic carbocycles. The minimum Gasteiger partial charge on any atom is -0.462 e. The Morgan fingerprint density at radius 2 is 0.792 bits per heavy atom. The third-order valence-corrected chi connectivity index (χ3v) is 13.7. The zero-order valence-corrected chi connectivity index (χ0v) is 48.3. The molecule has 2 unspecified atom stereocenters. The largest absolute Gasteiger partial charge is 0.472 e. The van der Waals surface area contributed by atoms with Crippen molar-refractivity contribution in [2.75, 3.05) is 47.5 Å². The van der Waals surface area contributed by atoms with E-state index in [1.54, 1.807) is 0 Å². The topological polar surface area (TPSA) is 108 Å². The molecule has 0 saturated heterocycles. The Balaban J connectivity index is 4.08. The molecule has 10 heteroatoms. The normalized spacial score (nSPS) is 13.8. The summed E-state index contributed by atoms with van der Waals surface area (Å²) in [6, 6.07) is 0. The summed E-state index contributed by atoms with van der Waals surface area (Å²) < 4.78 is 34.6. The SMILES string of the molecule is CC/C=C\C/C=C\C/C=C\C/C=C\CCCCCCCCCCCCCCCCCCCCC(=O)OC(COC(=O)CCCCCCCCC/C=C\C/C=C\CCCCC)COP(=O)(O)OCC[N+](C)(C)C. The number of phosphoric ester groups is 1. The number of unbranched alkanes of at least 4 members (excludes halogenated alkanes) is 28. The van der Waals surface area contributed by atoms with Crippen molar-refractivity contribution in [1.82, 2.24) is 0 Å². The highest BCUT2D eigenvalue weighted by atomic mass is 31.2.